The van der Waals surface area contributed by atoms with Gasteiger partial charge in [-0.15, -0.1) is 11.3 Å². The van der Waals surface area contributed by atoms with Crippen LogP contribution in [0, 0.1) is 5.82 Å². The number of halogens is 2. The predicted molar refractivity (Wildman–Crippen MR) is 109 cm³/mol. The standard InChI is InChI=1S/C19H16ClFN2S2/c1-13(18-8-5-11-25-18)23(15-9-10-17(21)16(20)12-15)19(24)22-14-6-3-2-4-7-14/h2-13H,1H3,(H,22,24). The minimum absolute atomic E-state index is 0.0229. The van der Waals surface area contributed by atoms with Crippen LogP contribution in [0.15, 0.2) is 66.0 Å². The number of nitrogens with zero attached hydrogens (tertiary/aromatic N) is 1. The third-order valence-electron chi connectivity index (χ3n) is 3.77. The summed E-state index contributed by atoms with van der Waals surface area (Å²) in [6.07, 6.45) is 0. The van der Waals surface area contributed by atoms with Crippen LogP contribution in [0.3, 0.4) is 0 Å². The summed E-state index contributed by atoms with van der Waals surface area (Å²) in [4.78, 5) is 3.09. The van der Waals surface area contributed by atoms with Crippen molar-refractivity contribution in [1.29, 1.82) is 0 Å². The highest BCUT2D eigenvalue weighted by molar-refractivity contribution is 7.80. The number of thiocarbonyl (C=S) groups is 1. The molecule has 3 aromatic rings. The van der Waals surface area contributed by atoms with Gasteiger partial charge in [-0.1, -0.05) is 35.9 Å². The van der Waals surface area contributed by atoms with Crippen LogP contribution in [0.4, 0.5) is 15.8 Å². The molecule has 0 fully saturated rings. The molecular weight excluding hydrogens is 375 g/mol. The van der Waals surface area contributed by atoms with E-state index in [1.165, 1.54) is 6.07 Å². The lowest BCUT2D eigenvalue weighted by molar-refractivity contribution is 0.628. The maximum Gasteiger partial charge on any atom is 0.178 e. The highest BCUT2D eigenvalue weighted by Crippen LogP contribution is 2.32. The van der Waals surface area contributed by atoms with E-state index in [2.05, 4.69) is 18.3 Å². The van der Waals surface area contributed by atoms with Crippen LogP contribution in [0.25, 0.3) is 0 Å². The van der Waals surface area contributed by atoms with Gasteiger partial charge in [-0.3, -0.25) is 0 Å². The fourth-order valence-corrected chi connectivity index (χ4v) is 3.84. The van der Waals surface area contributed by atoms with Gasteiger partial charge in [-0.05, 0) is 60.9 Å². The first-order valence-corrected chi connectivity index (χ1v) is 9.36. The van der Waals surface area contributed by atoms with Crippen LogP contribution in [0.5, 0.6) is 0 Å². The van der Waals surface area contributed by atoms with E-state index in [4.69, 9.17) is 23.8 Å². The number of nitrogens with one attached hydrogen (secondary N) is 1. The van der Waals surface area contributed by atoms with Crippen molar-refractivity contribution in [3.63, 3.8) is 0 Å². The minimum Gasteiger partial charge on any atom is -0.332 e. The first-order valence-electron chi connectivity index (χ1n) is 7.70. The maximum absolute atomic E-state index is 13.6. The molecule has 0 bridgehead atoms. The van der Waals surface area contributed by atoms with Gasteiger partial charge < -0.3 is 10.2 Å². The second kappa shape index (κ2) is 7.95. The number of anilines is 2. The largest absolute Gasteiger partial charge is 0.332 e. The number of hydrogen-bond donors (Lipinski definition) is 1. The summed E-state index contributed by atoms with van der Waals surface area (Å²) >= 11 is 13.3. The summed E-state index contributed by atoms with van der Waals surface area (Å²) in [6.45, 7) is 2.06. The van der Waals surface area contributed by atoms with E-state index in [-0.39, 0.29) is 11.1 Å². The van der Waals surface area contributed by atoms with E-state index in [0.717, 1.165) is 16.3 Å². The Balaban J connectivity index is 1.96. The molecule has 2 nitrogen and oxygen atoms in total. The van der Waals surface area contributed by atoms with Crippen LogP contribution in [-0.2, 0) is 0 Å². The molecule has 0 radical (unpaired) electrons. The molecule has 0 amide bonds. The van der Waals surface area contributed by atoms with E-state index in [0.29, 0.717) is 5.11 Å². The third-order valence-corrected chi connectivity index (χ3v) is 5.40. The molecule has 2 aromatic carbocycles. The van der Waals surface area contributed by atoms with Crippen molar-refractivity contribution in [2.24, 2.45) is 0 Å². The van der Waals surface area contributed by atoms with E-state index < -0.39 is 5.82 Å². The first-order chi connectivity index (χ1) is 12.1. The summed E-state index contributed by atoms with van der Waals surface area (Å²) in [7, 11) is 0. The molecule has 1 aromatic heterocycles. The fourth-order valence-electron chi connectivity index (χ4n) is 2.51. The van der Waals surface area contributed by atoms with Gasteiger partial charge in [0.25, 0.3) is 0 Å². The molecule has 0 aliphatic rings. The molecule has 0 saturated carbocycles. The molecule has 1 atom stereocenters. The van der Waals surface area contributed by atoms with Gasteiger partial charge in [-0.2, -0.15) is 0 Å². The van der Waals surface area contributed by atoms with Gasteiger partial charge in [0.2, 0.25) is 0 Å². The van der Waals surface area contributed by atoms with Crippen LogP contribution >= 0.6 is 35.2 Å². The molecule has 0 spiro atoms. The zero-order valence-electron chi connectivity index (χ0n) is 13.4. The Kier molecular flexibility index (Phi) is 5.68. The molecule has 1 heterocycles. The number of rotatable bonds is 4. The van der Waals surface area contributed by atoms with Crippen molar-refractivity contribution >= 4 is 51.6 Å². The molecular formula is C19H16ClFN2S2. The van der Waals surface area contributed by atoms with E-state index in [9.17, 15) is 4.39 Å². The molecule has 1 unspecified atom stereocenters. The van der Waals surface area contributed by atoms with E-state index >= 15 is 0 Å². The summed E-state index contributed by atoms with van der Waals surface area (Å²) < 4.78 is 13.6. The summed E-state index contributed by atoms with van der Waals surface area (Å²) in [5, 5.41) is 5.86. The molecule has 0 aliphatic carbocycles. The van der Waals surface area contributed by atoms with E-state index in [1.807, 2.05) is 46.7 Å². The Labute approximate surface area is 160 Å². The van der Waals surface area contributed by atoms with Gasteiger partial charge in [0, 0.05) is 16.3 Å². The first kappa shape index (κ1) is 17.9. The number of thiophene rings is 1. The molecule has 6 heteroatoms. The monoisotopic (exact) mass is 390 g/mol. The van der Waals surface area contributed by atoms with Crippen molar-refractivity contribution in [1.82, 2.24) is 0 Å². The zero-order valence-corrected chi connectivity index (χ0v) is 15.8. The lowest BCUT2D eigenvalue weighted by atomic mass is 10.2. The van der Waals surface area contributed by atoms with Crippen LogP contribution < -0.4 is 10.2 Å². The van der Waals surface area contributed by atoms with Crippen molar-refractivity contribution in [2.45, 2.75) is 13.0 Å². The fraction of sp³-hybridized carbons (Fsp3) is 0.105. The lowest BCUT2D eigenvalue weighted by Gasteiger charge is -2.31. The Bertz CT molecular complexity index is 853. The maximum atomic E-state index is 13.6. The average molecular weight is 391 g/mol. The highest BCUT2D eigenvalue weighted by Gasteiger charge is 2.22. The van der Waals surface area contributed by atoms with Gasteiger partial charge in [0.1, 0.15) is 5.82 Å². The predicted octanol–water partition coefficient (Wildman–Crippen LogP) is 6.51. The second-order valence-corrected chi connectivity index (χ2v) is 7.23. The molecule has 128 valence electrons. The van der Waals surface area contributed by atoms with Crippen LogP contribution in [0.1, 0.15) is 17.8 Å². The number of benzene rings is 2. The number of hydrogen-bond acceptors (Lipinski definition) is 2. The topological polar surface area (TPSA) is 15.3 Å². The minimum atomic E-state index is -0.448. The normalized spacial score (nSPS) is 11.8. The molecule has 0 aliphatic heterocycles. The quantitative estimate of drug-likeness (QED) is 0.511. The van der Waals surface area contributed by atoms with Gasteiger partial charge in [0.05, 0.1) is 11.1 Å². The van der Waals surface area contributed by atoms with Gasteiger partial charge in [0.15, 0.2) is 5.11 Å². The lowest BCUT2D eigenvalue weighted by Crippen LogP contribution is -2.36. The van der Waals surface area contributed by atoms with Gasteiger partial charge in [-0.25, -0.2) is 4.39 Å². The van der Waals surface area contributed by atoms with E-state index in [1.54, 1.807) is 23.5 Å². The SMILES string of the molecule is CC(c1cccs1)N(C(=S)Nc1ccccc1)c1ccc(F)c(Cl)c1. The second-order valence-electron chi connectivity index (χ2n) is 5.46. The van der Waals surface area contributed by atoms with Crippen molar-refractivity contribution in [2.75, 3.05) is 10.2 Å². The Hall–Kier alpha value is -1.95. The average Bonchev–Trinajstić information content (AvgIpc) is 3.14. The molecule has 0 saturated heterocycles. The summed E-state index contributed by atoms with van der Waals surface area (Å²) in [5.41, 5.74) is 1.63. The Morgan fingerprint density at radius 2 is 1.92 bits per heavy atom. The van der Waals surface area contributed by atoms with Gasteiger partial charge >= 0.3 is 0 Å². The Morgan fingerprint density at radius 1 is 1.16 bits per heavy atom. The van der Waals surface area contributed by atoms with Crippen molar-refractivity contribution in [3.05, 3.63) is 81.8 Å². The molecule has 1 N–H and O–H groups in total. The molecule has 25 heavy (non-hydrogen) atoms. The molecule has 3 rings (SSSR count). The van der Waals surface area contributed by atoms with Crippen LogP contribution in [0.2, 0.25) is 5.02 Å². The van der Waals surface area contributed by atoms with Crippen molar-refractivity contribution in [3.8, 4) is 0 Å². The smallest absolute Gasteiger partial charge is 0.178 e. The number of para-hydroxylation sites is 1. The zero-order chi connectivity index (χ0) is 17.8. The Morgan fingerprint density at radius 3 is 2.56 bits per heavy atom. The third kappa shape index (κ3) is 4.18. The summed E-state index contributed by atoms with van der Waals surface area (Å²) in [5.74, 6) is -0.448. The highest BCUT2D eigenvalue weighted by atomic mass is 35.5. The van der Waals surface area contributed by atoms with Crippen LogP contribution in [-0.4, -0.2) is 5.11 Å². The summed E-state index contributed by atoms with van der Waals surface area (Å²) in [6, 6.07) is 18.4. The van der Waals surface area contributed by atoms with Crippen molar-refractivity contribution < 1.29 is 4.39 Å².